The minimum atomic E-state index is 0.0273. The van der Waals surface area contributed by atoms with E-state index in [1.165, 1.54) is 0 Å². The number of nitrogens with one attached hydrogen (secondary N) is 1. The van der Waals surface area contributed by atoms with Crippen molar-refractivity contribution in [1.29, 1.82) is 0 Å². The number of para-hydroxylation sites is 1. The van der Waals surface area contributed by atoms with Crippen molar-refractivity contribution in [1.82, 2.24) is 9.97 Å². The van der Waals surface area contributed by atoms with Crippen LogP contribution in [0.3, 0.4) is 0 Å². The molecule has 0 unspecified atom stereocenters. The van der Waals surface area contributed by atoms with Gasteiger partial charge in [-0.25, -0.2) is 9.97 Å². The molecule has 0 radical (unpaired) electrons. The van der Waals surface area contributed by atoms with Crippen LogP contribution in [0.4, 0.5) is 5.82 Å². The molecule has 0 aliphatic rings. The third kappa shape index (κ3) is 2.71. The minimum Gasteiger partial charge on any atom is -0.467 e. The topological polar surface area (TPSA) is 51.0 Å². The number of furan rings is 1. The molecule has 114 valence electrons. The van der Waals surface area contributed by atoms with Crippen LogP contribution in [-0.2, 0) is 0 Å². The summed E-state index contributed by atoms with van der Waals surface area (Å²) < 4.78 is 5.48. The van der Waals surface area contributed by atoms with Crippen molar-refractivity contribution in [2.24, 2.45) is 0 Å². The zero-order valence-electron chi connectivity index (χ0n) is 12.6. The van der Waals surface area contributed by atoms with Gasteiger partial charge in [0.15, 0.2) is 5.82 Å². The Morgan fingerprint density at radius 3 is 2.74 bits per heavy atom. The summed E-state index contributed by atoms with van der Waals surface area (Å²) >= 11 is 1.64. The third-order valence-corrected chi connectivity index (χ3v) is 4.53. The van der Waals surface area contributed by atoms with Crippen LogP contribution in [0, 0.1) is 0 Å². The zero-order valence-corrected chi connectivity index (χ0v) is 13.4. The first-order valence-electron chi connectivity index (χ1n) is 7.42. The van der Waals surface area contributed by atoms with E-state index in [0.29, 0.717) is 0 Å². The van der Waals surface area contributed by atoms with Crippen LogP contribution in [0.2, 0.25) is 0 Å². The lowest BCUT2D eigenvalue weighted by molar-refractivity contribution is 0.490. The number of rotatable bonds is 4. The second-order valence-corrected chi connectivity index (χ2v) is 6.22. The summed E-state index contributed by atoms with van der Waals surface area (Å²) in [7, 11) is 0. The van der Waals surface area contributed by atoms with E-state index < -0.39 is 0 Å². The fourth-order valence-electron chi connectivity index (χ4n) is 2.52. The third-order valence-electron chi connectivity index (χ3n) is 3.67. The molecule has 0 aliphatic heterocycles. The highest BCUT2D eigenvalue weighted by molar-refractivity contribution is 7.13. The van der Waals surface area contributed by atoms with E-state index in [4.69, 9.17) is 9.40 Å². The van der Waals surface area contributed by atoms with Gasteiger partial charge in [-0.05, 0) is 42.6 Å². The molecule has 0 fully saturated rings. The van der Waals surface area contributed by atoms with Gasteiger partial charge >= 0.3 is 0 Å². The van der Waals surface area contributed by atoms with Gasteiger partial charge < -0.3 is 9.73 Å². The molecule has 0 amide bonds. The molecule has 1 atom stereocenters. The molecule has 1 N–H and O–H groups in total. The normalized spacial score (nSPS) is 12.4. The van der Waals surface area contributed by atoms with Crippen LogP contribution in [-0.4, -0.2) is 9.97 Å². The molecule has 4 nitrogen and oxygen atoms in total. The van der Waals surface area contributed by atoms with Gasteiger partial charge in [-0.3, -0.25) is 0 Å². The average Bonchev–Trinajstić information content (AvgIpc) is 3.28. The Labute approximate surface area is 137 Å². The Bertz CT molecular complexity index is 917. The second-order valence-electron chi connectivity index (χ2n) is 5.27. The smallest absolute Gasteiger partial charge is 0.172 e. The van der Waals surface area contributed by atoms with Crippen LogP contribution in [0.1, 0.15) is 18.7 Å². The maximum Gasteiger partial charge on any atom is 0.172 e. The number of aromatic nitrogens is 2. The summed E-state index contributed by atoms with van der Waals surface area (Å²) in [6.45, 7) is 2.06. The Morgan fingerprint density at radius 1 is 1.04 bits per heavy atom. The number of nitrogens with zero attached hydrogens (tertiary/aromatic N) is 2. The van der Waals surface area contributed by atoms with Crippen LogP contribution >= 0.6 is 11.3 Å². The predicted octanol–water partition coefficient (Wildman–Crippen LogP) is 5.12. The zero-order chi connectivity index (χ0) is 15.6. The van der Waals surface area contributed by atoms with Gasteiger partial charge in [-0.2, -0.15) is 0 Å². The van der Waals surface area contributed by atoms with E-state index in [1.54, 1.807) is 17.6 Å². The lowest BCUT2D eigenvalue weighted by Gasteiger charge is -2.14. The Morgan fingerprint density at radius 2 is 1.96 bits per heavy atom. The number of anilines is 1. The highest BCUT2D eigenvalue weighted by atomic mass is 32.1. The second kappa shape index (κ2) is 5.85. The van der Waals surface area contributed by atoms with Crippen LogP contribution in [0.25, 0.3) is 21.6 Å². The molecule has 0 aliphatic carbocycles. The number of hydrogen-bond donors (Lipinski definition) is 1. The molecular formula is C18H15N3OS. The van der Waals surface area contributed by atoms with Crippen molar-refractivity contribution in [3.05, 3.63) is 65.9 Å². The molecule has 1 aromatic carbocycles. The molecule has 3 aromatic heterocycles. The highest BCUT2D eigenvalue weighted by Gasteiger charge is 2.14. The molecule has 5 heteroatoms. The van der Waals surface area contributed by atoms with Gasteiger partial charge in [0.25, 0.3) is 0 Å². The van der Waals surface area contributed by atoms with Gasteiger partial charge in [0.05, 0.1) is 22.7 Å². The first-order valence-corrected chi connectivity index (χ1v) is 8.30. The maximum absolute atomic E-state index is 5.48. The summed E-state index contributed by atoms with van der Waals surface area (Å²) in [5.74, 6) is 2.45. The fraction of sp³-hybridized carbons (Fsp3) is 0.111. The Balaban J connectivity index is 1.80. The molecule has 0 spiro atoms. The molecule has 4 rings (SSSR count). The number of hydrogen-bond acceptors (Lipinski definition) is 5. The van der Waals surface area contributed by atoms with Gasteiger partial charge in [0.1, 0.15) is 11.6 Å². The lowest BCUT2D eigenvalue weighted by atomic mass is 10.2. The summed E-state index contributed by atoms with van der Waals surface area (Å²) in [6.07, 6.45) is 1.68. The standard InChI is InChI=1S/C18H15N3OS/c1-12(15-8-4-10-22-15)19-17-13-6-2-3-7-14(13)20-18(21-17)16-9-5-11-23-16/h2-12H,1H3,(H,19,20,21)/t12-/m0/s1. The summed E-state index contributed by atoms with van der Waals surface area (Å²) in [4.78, 5) is 10.5. The lowest BCUT2D eigenvalue weighted by Crippen LogP contribution is -2.08. The molecular weight excluding hydrogens is 306 g/mol. The summed E-state index contributed by atoms with van der Waals surface area (Å²) in [5.41, 5.74) is 0.931. The van der Waals surface area contributed by atoms with E-state index in [0.717, 1.165) is 33.2 Å². The molecule has 0 saturated heterocycles. The van der Waals surface area contributed by atoms with Crippen LogP contribution < -0.4 is 5.32 Å². The van der Waals surface area contributed by atoms with Crippen LogP contribution in [0.5, 0.6) is 0 Å². The first-order chi connectivity index (χ1) is 11.3. The van der Waals surface area contributed by atoms with E-state index in [9.17, 15) is 0 Å². The SMILES string of the molecule is C[C@H](Nc1nc(-c2cccs2)nc2ccccc12)c1ccco1. The number of benzene rings is 1. The van der Waals surface area contributed by atoms with E-state index in [-0.39, 0.29) is 6.04 Å². The quantitative estimate of drug-likeness (QED) is 0.566. The predicted molar refractivity (Wildman–Crippen MR) is 93.6 cm³/mol. The van der Waals surface area contributed by atoms with Gasteiger partial charge in [0, 0.05) is 5.39 Å². The van der Waals surface area contributed by atoms with Crippen molar-refractivity contribution in [3.63, 3.8) is 0 Å². The Kier molecular flexibility index (Phi) is 3.55. The molecule has 3 heterocycles. The van der Waals surface area contributed by atoms with E-state index >= 15 is 0 Å². The highest BCUT2D eigenvalue weighted by Crippen LogP contribution is 2.29. The van der Waals surface area contributed by atoms with Crippen molar-refractivity contribution in [3.8, 4) is 10.7 Å². The molecule has 0 bridgehead atoms. The first kappa shape index (κ1) is 14.0. The van der Waals surface area contributed by atoms with Gasteiger partial charge in [-0.1, -0.05) is 18.2 Å². The van der Waals surface area contributed by atoms with Crippen molar-refractivity contribution >= 4 is 28.1 Å². The monoisotopic (exact) mass is 321 g/mol. The summed E-state index contributed by atoms with van der Waals surface area (Å²) in [5, 5.41) is 6.49. The van der Waals surface area contributed by atoms with E-state index in [2.05, 4.69) is 17.2 Å². The van der Waals surface area contributed by atoms with Crippen molar-refractivity contribution in [2.75, 3.05) is 5.32 Å². The van der Waals surface area contributed by atoms with Crippen LogP contribution in [0.15, 0.2) is 64.6 Å². The molecule has 4 aromatic rings. The summed E-state index contributed by atoms with van der Waals surface area (Å²) in [6, 6.07) is 16.0. The van der Waals surface area contributed by atoms with Gasteiger partial charge in [-0.15, -0.1) is 11.3 Å². The van der Waals surface area contributed by atoms with Crippen molar-refractivity contribution in [2.45, 2.75) is 13.0 Å². The average molecular weight is 321 g/mol. The van der Waals surface area contributed by atoms with Crippen molar-refractivity contribution < 1.29 is 4.42 Å². The fourth-order valence-corrected chi connectivity index (χ4v) is 3.17. The maximum atomic E-state index is 5.48. The number of fused-ring (bicyclic) bond motifs is 1. The molecule has 23 heavy (non-hydrogen) atoms. The number of thiophene rings is 1. The largest absolute Gasteiger partial charge is 0.467 e. The Hall–Kier alpha value is -2.66. The minimum absolute atomic E-state index is 0.0273. The van der Waals surface area contributed by atoms with Gasteiger partial charge in [0.2, 0.25) is 0 Å². The van der Waals surface area contributed by atoms with E-state index in [1.807, 2.05) is 53.9 Å². The molecule has 0 saturated carbocycles.